The number of carbonyl (C=O) groups is 1. The van der Waals surface area contributed by atoms with E-state index in [1.54, 1.807) is 18.2 Å². The highest BCUT2D eigenvalue weighted by molar-refractivity contribution is 5.93. The Hall–Kier alpha value is -2.76. The SMILES string of the molecule is CC(C)[C@H](CCCCCC(=O)c1ccon1)c1cc(-c2ccc(F)cc2)on1. The predicted octanol–water partition coefficient (Wildman–Crippen LogP) is 6.04. The van der Waals surface area contributed by atoms with Crippen molar-refractivity contribution in [2.24, 2.45) is 5.92 Å². The van der Waals surface area contributed by atoms with E-state index in [2.05, 4.69) is 24.2 Å². The van der Waals surface area contributed by atoms with Gasteiger partial charge in [0.15, 0.2) is 11.5 Å². The number of benzene rings is 1. The summed E-state index contributed by atoms with van der Waals surface area (Å²) in [4.78, 5) is 11.9. The Morgan fingerprint density at radius 3 is 2.54 bits per heavy atom. The molecule has 1 aromatic carbocycles. The highest BCUT2D eigenvalue weighted by Gasteiger charge is 2.20. The zero-order valence-electron chi connectivity index (χ0n) is 16.2. The maximum atomic E-state index is 13.1. The molecule has 0 amide bonds. The van der Waals surface area contributed by atoms with E-state index < -0.39 is 0 Å². The first kappa shape index (κ1) is 20.0. The summed E-state index contributed by atoms with van der Waals surface area (Å²) < 4.78 is 23.3. The second-order valence-electron chi connectivity index (χ2n) is 7.38. The molecule has 0 radical (unpaired) electrons. The van der Waals surface area contributed by atoms with Crippen LogP contribution in [0.3, 0.4) is 0 Å². The first-order valence-corrected chi connectivity index (χ1v) is 9.70. The van der Waals surface area contributed by atoms with Crippen LogP contribution in [0.15, 0.2) is 51.7 Å². The monoisotopic (exact) mass is 384 g/mol. The van der Waals surface area contributed by atoms with Gasteiger partial charge in [-0.3, -0.25) is 4.79 Å². The number of rotatable bonds is 10. The first-order chi connectivity index (χ1) is 13.5. The van der Waals surface area contributed by atoms with Crippen molar-refractivity contribution in [3.63, 3.8) is 0 Å². The molecule has 0 spiro atoms. The van der Waals surface area contributed by atoms with Gasteiger partial charge in [-0.05, 0) is 43.0 Å². The number of aromatic nitrogens is 2. The summed E-state index contributed by atoms with van der Waals surface area (Å²) in [6, 6.07) is 9.76. The molecule has 0 unspecified atom stereocenters. The molecular weight excluding hydrogens is 359 g/mol. The number of hydrogen-bond donors (Lipinski definition) is 0. The summed E-state index contributed by atoms with van der Waals surface area (Å²) in [6.45, 7) is 4.34. The minimum atomic E-state index is -0.273. The van der Waals surface area contributed by atoms with Crippen LogP contribution in [-0.2, 0) is 0 Å². The third kappa shape index (κ3) is 5.15. The van der Waals surface area contributed by atoms with Gasteiger partial charge in [0.25, 0.3) is 0 Å². The van der Waals surface area contributed by atoms with Gasteiger partial charge in [-0.2, -0.15) is 0 Å². The quantitative estimate of drug-likeness (QED) is 0.315. The standard InChI is InChI=1S/C22H25FN2O3/c1-15(2)18(6-4-3-5-7-21(26)19-12-13-27-24-19)20-14-22(28-25-20)16-8-10-17(23)11-9-16/h8-15,18H,3-7H2,1-2H3/t18-/m0/s1. The average Bonchev–Trinajstić information content (AvgIpc) is 3.37. The molecule has 2 aromatic heterocycles. The van der Waals surface area contributed by atoms with Crippen LogP contribution in [0.5, 0.6) is 0 Å². The minimum Gasteiger partial charge on any atom is -0.364 e. The van der Waals surface area contributed by atoms with Gasteiger partial charge >= 0.3 is 0 Å². The van der Waals surface area contributed by atoms with Crippen LogP contribution in [0.2, 0.25) is 0 Å². The van der Waals surface area contributed by atoms with Crippen LogP contribution in [-0.4, -0.2) is 16.1 Å². The second kappa shape index (κ2) is 9.44. The van der Waals surface area contributed by atoms with Gasteiger partial charge in [0.2, 0.25) is 0 Å². The van der Waals surface area contributed by atoms with Gasteiger partial charge in [-0.1, -0.05) is 37.0 Å². The van der Waals surface area contributed by atoms with Gasteiger partial charge in [0.1, 0.15) is 17.8 Å². The predicted molar refractivity (Wildman–Crippen MR) is 103 cm³/mol. The molecule has 0 aliphatic carbocycles. The van der Waals surface area contributed by atoms with Crippen LogP contribution >= 0.6 is 0 Å². The van der Waals surface area contributed by atoms with Crippen LogP contribution in [0, 0.1) is 11.7 Å². The van der Waals surface area contributed by atoms with Gasteiger partial charge in [-0.15, -0.1) is 0 Å². The van der Waals surface area contributed by atoms with Crippen molar-refractivity contribution in [3.8, 4) is 11.3 Å². The molecule has 0 fully saturated rings. The highest BCUT2D eigenvalue weighted by Crippen LogP contribution is 2.32. The Morgan fingerprint density at radius 1 is 1.07 bits per heavy atom. The molecule has 0 aliphatic rings. The highest BCUT2D eigenvalue weighted by atomic mass is 19.1. The van der Waals surface area contributed by atoms with Crippen LogP contribution < -0.4 is 0 Å². The molecular formula is C22H25FN2O3. The number of ketones is 1. The van der Waals surface area contributed by atoms with Crippen molar-refractivity contribution in [1.29, 1.82) is 0 Å². The van der Waals surface area contributed by atoms with Crippen LogP contribution in [0.25, 0.3) is 11.3 Å². The van der Waals surface area contributed by atoms with E-state index in [1.165, 1.54) is 18.4 Å². The van der Waals surface area contributed by atoms with E-state index in [1.807, 2.05) is 6.07 Å². The lowest BCUT2D eigenvalue weighted by Crippen LogP contribution is -2.07. The molecule has 0 saturated carbocycles. The zero-order chi connectivity index (χ0) is 19.9. The molecule has 1 atom stereocenters. The van der Waals surface area contributed by atoms with Crippen molar-refractivity contribution in [3.05, 3.63) is 59.9 Å². The summed E-state index contributed by atoms with van der Waals surface area (Å²) in [5.74, 6) is 1.10. The molecule has 3 rings (SSSR count). The summed E-state index contributed by atoms with van der Waals surface area (Å²) in [6.07, 6.45) is 5.68. The molecule has 28 heavy (non-hydrogen) atoms. The molecule has 0 aliphatic heterocycles. The van der Waals surface area contributed by atoms with E-state index >= 15 is 0 Å². The second-order valence-corrected chi connectivity index (χ2v) is 7.38. The van der Waals surface area contributed by atoms with Crippen LogP contribution in [0.1, 0.15) is 68.1 Å². The van der Waals surface area contributed by atoms with Gasteiger partial charge in [0, 0.05) is 30.0 Å². The Morgan fingerprint density at radius 2 is 1.86 bits per heavy atom. The summed E-state index contributed by atoms with van der Waals surface area (Å²) in [5, 5.41) is 7.93. The number of Topliss-reactive ketones (excluding diaryl/α,β-unsaturated/α-hetero) is 1. The Kier molecular flexibility index (Phi) is 6.74. The molecule has 0 saturated heterocycles. The number of halogens is 1. The lowest BCUT2D eigenvalue weighted by atomic mass is 9.87. The Balaban J connectivity index is 1.51. The van der Waals surface area contributed by atoms with E-state index in [-0.39, 0.29) is 17.5 Å². The third-order valence-corrected chi connectivity index (χ3v) is 4.98. The fourth-order valence-corrected chi connectivity index (χ4v) is 3.35. The Labute approximate surface area is 163 Å². The fourth-order valence-electron chi connectivity index (χ4n) is 3.35. The topological polar surface area (TPSA) is 69.1 Å². The van der Waals surface area contributed by atoms with Gasteiger partial charge in [-0.25, -0.2) is 4.39 Å². The number of nitrogens with zero attached hydrogens (tertiary/aromatic N) is 2. The molecule has 0 bridgehead atoms. The maximum absolute atomic E-state index is 13.1. The van der Waals surface area contributed by atoms with Crippen molar-refractivity contribution in [2.75, 3.05) is 0 Å². The van der Waals surface area contributed by atoms with Crippen LogP contribution in [0.4, 0.5) is 4.39 Å². The van der Waals surface area contributed by atoms with Crippen molar-refractivity contribution in [1.82, 2.24) is 10.3 Å². The summed E-state index contributed by atoms with van der Waals surface area (Å²) in [5.41, 5.74) is 2.14. The molecule has 6 heteroatoms. The smallest absolute Gasteiger partial charge is 0.184 e. The lowest BCUT2D eigenvalue weighted by molar-refractivity contribution is 0.0970. The van der Waals surface area contributed by atoms with E-state index in [9.17, 15) is 9.18 Å². The van der Waals surface area contributed by atoms with Crippen molar-refractivity contribution >= 4 is 5.78 Å². The molecule has 0 N–H and O–H groups in total. The molecule has 2 heterocycles. The lowest BCUT2D eigenvalue weighted by Gasteiger charge is -2.17. The van der Waals surface area contributed by atoms with Gasteiger partial charge in [0.05, 0.1) is 5.69 Å². The summed E-state index contributed by atoms with van der Waals surface area (Å²) in [7, 11) is 0. The summed E-state index contributed by atoms with van der Waals surface area (Å²) >= 11 is 0. The first-order valence-electron chi connectivity index (χ1n) is 9.70. The molecule has 148 valence electrons. The van der Waals surface area contributed by atoms with Crippen molar-refractivity contribution < 1.29 is 18.2 Å². The van der Waals surface area contributed by atoms with E-state index in [0.717, 1.165) is 36.9 Å². The normalized spacial score (nSPS) is 12.4. The molecule has 5 nitrogen and oxygen atoms in total. The zero-order valence-corrected chi connectivity index (χ0v) is 16.2. The van der Waals surface area contributed by atoms with E-state index in [0.29, 0.717) is 23.8 Å². The molecule has 3 aromatic rings. The number of hydrogen-bond acceptors (Lipinski definition) is 5. The van der Waals surface area contributed by atoms with Gasteiger partial charge < -0.3 is 9.05 Å². The minimum absolute atomic E-state index is 0.0228. The fraction of sp³-hybridized carbons (Fsp3) is 0.409. The Bertz CT molecular complexity index is 870. The maximum Gasteiger partial charge on any atom is 0.184 e. The average molecular weight is 384 g/mol. The largest absolute Gasteiger partial charge is 0.364 e. The van der Waals surface area contributed by atoms with Crippen molar-refractivity contribution in [2.45, 2.75) is 51.9 Å². The number of carbonyl (C=O) groups excluding carboxylic acids is 1. The number of unbranched alkanes of at least 4 members (excludes halogenated alkanes) is 2. The van der Waals surface area contributed by atoms with E-state index in [4.69, 9.17) is 9.05 Å². The third-order valence-electron chi connectivity index (χ3n) is 4.98.